The van der Waals surface area contributed by atoms with Crippen LogP contribution >= 0.6 is 0 Å². The van der Waals surface area contributed by atoms with Gasteiger partial charge in [0, 0.05) is 18.3 Å². The van der Waals surface area contributed by atoms with E-state index in [2.05, 4.69) is 0 Å². The largest absolute Gasteiger partial charge is 2.00 e. The van der Waals surface area contributed by atoms with Crippen molar-refractivity contribution in [2.24, 2.45) is 0 Å². The van der Waals surface area contributed by atoms with E-state index >= 15 is 0 Å². The summed E-state index contributed by atoms with van der Waals surface area (Å²) in [6.07, 6.45) is 0. The van der Waals surface area contributed by atoms with Crippen LogP contribution in [0.4, 0.5) is 0 Å². The van der Waals surface area contributed by atoms with Crippen LogP contribution in [0.15, 0.2) is 0 Å². The molecule has 6 nitrogen and oxygen atoms in total. The molecule has 10 heteroatoms. The third-order valence-corrected chi connectivity index (χ3v) is 0. The quantitative estimate of drug-likeness (QED) is 0.373. The van der Waals surface area contributed by atoms with Crippen molar-refractivity contribution in [1.29, 1.82) is 0 Å². The number of hydrogen-bond acceptors (Lipinski definition) is 6. The monoisotopic (exact) mass is 400 g/mol. The zero-order valence-electron chi connectivity index (χ0n) is 4.66. The van der Waals surface area contributed by atoms with Crippen LogP contribution in [0.2, 0.25) is 0 Å². The third-order valence-electron chi connectivity index (χ3n) is 0. The van der Waals surface area contributed by atoms with Gasteiger partial charge in [0.25, 0.3) is 0 Å². The van der Waals surface area contributed by atoms with Crippen LogP contribution in [-0.2, 0) is 8.92 Å². The fraction of sp³-hybridized carbons (Fsp3) is 0. The average Bonchev–Trinajstić information content (AvgIpc) is 1.25. The van der Waals surface area contributed by atoms with Crippen molar-refractivity contribution in [2.45, 2.75) is 0 Å². The van der Waals surface area contributed by atoms with E-state index in [1.807, 2.05) is 0 Å². The van der Waals surface area contributed by atoms with Gasteiger partial charge in [0.15, 0.2) is 0 Å². The molecule has 0 spiro atoms. The van der Waals surface area contributed by atoms with Crippen LogP contribution in [0.5, 0.6) is 0 Å². The molecule has 10 heavy (non-hydrogen) atoms. The first-order valence-electron chi connectivity index (χ1n) is 1.22. The zero-order valence-corrected chi connectivity index (χ0v) is 12.8. The average molecular weight is 399 g/mol. The van der Waals surface area contributed by atoms with Gasteiger partial charge in [-0.05, 0) is 0 Å². The second-order valence-electron chi connectivity index (χ2n) is 0.500. The fourth-order valence-corrected chi connectivity index (χ4v) is 0. The van der Waals surface area contributed by atoms with Gasteiger partial charge in [0.05, 0.1) is 0 Å². The molecule has 0 bridgehead atoms. The van der Waals surface area contributed by atoms with Crippen LogP contribution in [0, 0.1) is 0 Å². The molecule has 0 aliphatic carbocycles. The standard InChI is InChI=1S/Ca.2O3Si.Pb/c;2*1-4(2)3;/q+2;2*-2;+2. The minimum atomic E-state index is -3.63. The Bertz CT molecular complexity index is 73.7. The first kappa shape index (κ1) is 22.5. The van der Waals surface area contributed by atoms with E-state index in [-0.39, 0.29) is 65.0 Å². The molecule has 0 rings (SSSR count). The minimum Gasteiger partial charge on any atom is -0.672 e. The molecule has 50 valence electrons. The van der Waals surface area contributed by atoms with Gasteiger partial charge in [-0.2, -0.15) is 0 Å². The van der Waals surface area contributed by atoms with Crippen molar-refractivity contribution >= 4 is 83.4 Å². The third kappa shape index (κ3) is 333. The molecule has 2 radical (unpaired) electrons. The molecule has 0 aromatic heterocycles. The number of hydrogen-bond donors (Lipinski definition) is 0. The Morgan fingerprint density at radius 1 is 0.800 bits per heavy atom. The van der Waals surface area contributed by atoms with Crippen LogP contribution in [-0.4, -0.2) is 83.4 Å². The van der Waals surface area contributed by atoms with E-state index in [1.54, 1.807) is 0 Å². The summed E-state index contributed by atoms with van der Waals surface area (Å²) in [5.74, 6) is 0. The molecule has 0 aliphatic rings. The van der Waals surface area contributed by atoms with Gasteiger partial charge in [0.1, 0.15) is 0 Å². The van der Waals surface area contributed by atoms with Crippen LogP contribution in [0.1, 0.15) is 0 Å². The summed E-state index contributed by atoms with van der Waals surface area (Å²) in [6.45, 7) is 0. The van der Waals surface area contributed by atoms with E-state index < -0.39 is 18.3 Å². The molecule has 0 aliphatic heterocycles. The van der Waals surface area contributed by atoms with Gasteiger partial charge in [0.2, 0.25) is 0 Å². The molecular weight excluding hydrogens is 399 g/mol. The molecule has 0 saturated heterocycles. The van der Waals surface area contributed by atoms with Gasteiger partial charge in [-0.1, -0.05) is 0 Å². The van der Waals surface area contributed by atoms with Crippen molar-refractivity contribution in [3.8, 4) is 0 Å². The van der Waals surface area contributed by atoms with E-state index in [0.717, 1.165) is 0 Å². The van der Waals surface area contributed by atoms with Gasteiger partial charge >= 0.3 is 65.0 Å². The Balaban J connectivity index is -0.0000000300. The molecule has 0 aromatic rings. The Labute approximate surface area is 110 Å². The van der Waals surface area contributed by atoms with E-state index in [0.29, 0.717) is 0 Å². The first-order chi connectivity index (χ1) is 3.46. The maximum atomic E-state index is 8.52. The van der Waals surface area contributed by atoms with Crippen molar-refractivity contribution in [2.75, 3.05) is 0 Å². The van der Waals surface area contributed by atoms with Crippen LogP contribution < -0.4 is 19.2 Å². The Morgan fingerprint density at radius 3 is 0.800 bits per heavy atom. The molecule has 0 N–H and O–H groups in total. The topological polar surface area (TPSA) is 126 Å². The van der Waals surface area contributed by atoms with Crippen LogP contribution in [0.25, 0.3) is 0 Å². The van der Waals surface area contributed by atoms with Crippen molar-refractivity contribution in [3.63, 3.8) is 0 Å². The smallest absolute Gasteiger partial charge is 0.672 e. The Hall–Kier alpha value is 1.42. The zero-order chi connectivity index (χ0) is 7.15. The Kier molecular flexibility index (Phi) is 37.8. The first-order valence-corrected chi connectivity index (χ1v) is 3.67. The summed E-state index contributed by atoms with van der Waals surface area (Å²) in [5, 5.41) is 0. The summed E-state index contributed by atoms with van der Waals surface area (Å²) < 4.78 is 17.0. The number of rotatable bonds is 0. The second kappa shape index (κ2) is 16.8. The predicted molar refractivity (Wildman–Crippen MR) is 24.4 cm³/mol. The minimum absolute atomic E-state index is 0. The van der Waals surface area contributed by atoms with Crippen LogP contribution in [0.3, 0.4) is 0 Å². The summed E-state index contributed by atoms with van der Waals surface area (Å²) >= 11 is 0. The molecule has 0 aromatic carbocycles. The summed E-state index contributed by atoms with van der Waals surface area (Å²) in [6, 6.07) is 0. The maximum Gasteiger partial charge on any atom is 2.00 e. The maximum absolute atomic E-state index is 8.52. The van der Waals surface area contributed by atoms with Gasteiger partial charge in [-0.25, -0.2) is 0 Å². The normalized spacial score (nSPS) is 4.80. The molecule has 0 unspecified atom stereocenters. The van der Waals surface area contributed by atoms with Gasteiger partial charge < -0.3 is 28.1 Å². The molecule has 0 atom stereocenters. The van der Waals surface area contributed by atoms with Crippen molar-refractivity contribution in [1.82, 2.24) is 0 Å². The summed E-state index contributed by atoms with van der Waals surface area (Å²) in [7, 11) is -7.26. The summed E-state index contributed by atoms with van der Waals surface area (Å²) in [4.78, 5) is 34.1. The van der Waals surface area contributed by atoms with E-state index in [4.69, 9.17) is 28.1 Å². The second-order valence-corrected chi connectivity index (χ2v) is 1.50. The summed E-state index contributed by atoms with van der Waals surface area (Å²) in [5.41, 5.74) is 0. The van der Waals surface area contributed by atoms with E-state index in [9.17, 15) is 0 Å². The van der Waals surface area contributed by atoms with E-state index in [1.165, 1.54) is 0 Å². The van der Waals surface area contributed by atoms with Crippen molar-refractivity contribution in [3.05, 3.63) is 0 Å². The van der Waals surface area contributed by atoms with Crippen molar-refractivity contribution < 1.29 is 28.1 Å². The molecule has 0 fully saturated rings. The molecule has 0 amide bonds. The van der Waals surface area contributed by atoms with Gasteiger partial charge in [-0.15, -0.1) is 0 Å². The predicted octanol–water partition coefficient (Wildman–Crippen LogP) is -6.52. The van der Waals surface area contributed by atoms with Gasteiger partial charge in [-0.3, -0.25) is 0 Å². The molecule has 0 heterocycles. The Morgan fingerprint density at radius 2 is 0.800 bits per heavy atom. The fourth-order valence-electron chi connectivity index (χ4n) is 0. The SMILES string of the molecule is O=[Si]([O-])[O-].O=[Si]([O-])[O-].[Ca+2].[Pb+2]. The molecular formula is CaO6PbSi2. The molecule has 0 saturated carbocycles.